The topological polar surface area (TPSA) is 193 Å². The molecule has 2 aromatic rings. The van der Waals surface area contributed by atoms with Crippen LogP contribution in [0.15, 0.2) is 53.4 Å². The molecular weight excluding hydrogens is 781 g/mol. The molecule has 59 heavy (non-hydrogen) atoms. The largest absolute Gasteiger partial charge is 0.459 e. The number of carbonyl (C=O) groups is 2. The van der Waals surface area contributed by atoms with Crippen molar-refractivity contribution >= 4 is 21.8 Å². The van der Waals surface area contributed by atoms with Crippen LogP contribution in [0.1, 0.15) is 85.0 Å². The molecule has 2 aliphatic heterocycles. The van der Waals surface area contributed by atoms with Crippen molar-refractivity contribution in [1.82, 2.24) is 9.80 Å². The first-order chi connectivity index (χ1) is 27.3. The molecule has 4 N–H and O–H groups in total. The molecule has 332 valence electrons. The molecule has 2 saturated heterocycles. The minimum atomic E-state index is -3.35. The van der Waals surface area contributed by atoms with E-state index in [2.05, 4.69) is 0 Å². The Bertz CT molecular complexity index is 1820. The molecule has 14 nitrogen and oxygen atoms in total. The first-order valence-electron chi connectivity index (χ1n) is 20.6. The molecule has 0 amide bonds. The Morgan fingerprint density at radius 2 is 1.53 bits per heavy atom. The second kappa shape index (κ2) is 19.4. The van der Waals surface area contributed by atoms with Gasteiger partial charge >= 0.3 is 11.9 Å². The molecule has 2 aliphatic rings. The van der Waals surface area contributed by atoms with Crippen LogP contribution in [0.5, 0.6) is 0 Å². The lowest BCUT2D eigenvalue weighted by Crippen LogP contribution is -2.60. The summed E-state index contributed by atoms with van der Waals surface area (Å²) < 4.78 is 49.1. The van der Waals surface area contributed by atoms with E-state index in [0.717, 1.165) is 17.4 Å². The first kappa shape index (κ1) is 48.7. The zero-order chi connectivity index (χ0) is 44.4. The van der Waals surface area contributed by atoms with E-state index in [1.807, 2.05) is 44.8 Å². The highest BCUT2D eigenvalue weighted by Crippen LogP contribution is 2.37. The molecule has 0 aliphatic carbocycles. The molecule has 0 saturated carbocycles. The summed E-state index contributed by atoms with van der Waals surface area (Å²) >= 11 is 0. The highest BCUT2D eigenvalue weighted by atomic mass is 32.2. The van der Waals surface area contributed by atoms with Gasteiger partial charge in [-0.05, 0) is 116 Å². The lowest BCUT2D eigenvalue weighted by molar-refractivity contribution is -0.298. The van der Waals surface area contributed by atoms with E-state index in [1.165, 1.54) is 26.0 Å². The quantitative estimate of drug-likeness (QED) is 0.280. The summed E-state index contributed by atoms with van der Waals surface area (Å²) in [6, 6.07) is 12.3. The van der Waals surface area contributed by atoms with Gasteiger partial charge in [0.1, 0.15) is 17.8 Å². The maximum Gasteiger partial charge on any atom is 0.338 e. The third kappa shape index (κ3) is 11.5. The Balaban J connectivity index is 1.68. The smallest absolute Gasteiger partial charge is 0.338 e. The van der Waals surface area contributed by atoms with Crippen LogP contribution in [-0.2, 0) is 33.6 Å². The lowest BCUT2D eigenvalue weighted by Gasteiger charge is -2.47. The molecule has 2 fully saturated rings. The molecule has 0 radical (unpaired) electrons. The fourth-order valence-corrected chi connectivity index (χ4v) is 9.36. The number of esters is 2. The number of aliphatic hydroxyl groups excluding tert-OH is 2. The number of ether oxygens (including phenoxy) is 4. The molecular formula is C44H68N2O12S. The molecule has 2 aromatic carbocycles. The average Bonchev–Trinajstić information content (AvgIpc) is 3.16. The zero-order valence-corrected chi connectivity index (χ0v) is 37.5. The van der Waals surface area contributed by atoms with Crippen LogP contribution in [0, 0.1) is 17.8 Å². The van der Waals surface area contributed by atoms with E-state index >= 15 is 0 Å². The van der Waals surface area contributed by atoms with Gasteiger partial charge in [0.05, 0.1) is 46.3 Å². The number of likely N-dealkylation sites (N-methyl/N-ethyl adjacent to an activating group) is 2. The fraction of sp³-hybridized carbons (Fsp3) is 0.682. The van der Waals surface area contributed by atoms with Gasteiger partial charge in [0.25, 0.3) is 0 Å². The van der Waals surface area contributed by atoms with Gasteiger partial charge in [-0.1, -0.05) is 45.0 Å². The van der Waals surface area contributed by atoms with Crippen molar-refractivity contribution in [2.75, 3.05) is 33.9 Å². The van der Waals surface area contributed by atoms with Crippen molar-refractivity contribution in [2.24, 2.45) is 17.8 Å². The third-order valence-electron chi connectivity index (χ3n) is 12.4. The molecule has 0 aromatic heterocycles. The molecule has 4 rings (SSSR count). The summed E-state index contributed by atoms with van der Waals surface area (Å²) in [6.07, 6.45) is -5.47. The van der Waals surface area contributed by atoms with Crippen LogP contribution >= 0.6 is 0 Å². The average molecular weight is 849 g/mol. The maximum absolute atomic E-state index is 13.9. The lowest BCUT2D eigenvalue weighted by atomic mass is 9.78. The van der Waals surface area contributed by atoms with E-state index in [9.17, 15) is 38.4 Å². The van der Waals surface area contributed by atoms with Crippen LogP contribution in [-0.4, -0.2) is 151 Å². The SMILES string of the molecule is CC[C@H]1OC(=O)[C@H](C)[C@@H](O)[C@H](C)[C@@H](O[C@@H]2O[C@H](C)C[C@H](N(C)C)[C@H]2OC(=O)c2ccc(-c3ccc(S(C)(=O)=O)cc3)cc2)[C@@](C)(O)C[C@@H](C)CN(C)[C@H](C)[C@@H](O)[C@]1(C)O. The van der Waals surface area contributed by atoms with Gasteiger partial charge in [0.2, 0.25) is 0 Å². The van der Waals surface area contributed by atoms with Gasteiger partial charge in [-0.3, -0.25) is 4.79 Å². The Labute approximate surface area is 350 Å². The van der Waals surface area contributed by atoms with E-state index in [0.29, 0.717) is 13.0 Å². The van der Waals surface area contributed by atoms with Crippen molar-refractivity contribution in [3.63, 3.8) is 0 Å². The highest BCUT2D eigenvalue weighted by molar-refractivity contribution is 7.90. The summed E-state index contributed by atoms with van der Waals surface area (Å²) in [6.45, 7) is 14.0. The predicted molar refractivity (Wildman–Crippen MR) is 223 cm³/mol. The highest BCUT2D eigenvalue weighted by Gasteiger charge is 2.51. The standard InChI is InChI=1S/C44H68N2O12S/c1-13-35-44(8,52)38(48)29(6)46(11)24-25(2)23-43(7,51)39(27(4)36(47)28(5)40(49)56-35)58-42-37(34(45(9)10)22-26(3)55-42)57-41(50)32-16-14-30(15-17-32)31-18-20-33(21-19-31)59(12,53)54/h14-21,25-29,34-39,42,47-48,51-52H,13,22-24H2,1-12H3/t25-,26-,27+,28-,29-,34+,35-,36+,37-,38-,39-,42+,43+,44-/m1/s1. The van der Waals surface area contributed by atoms with E-state index in [-0.39, 0.29) is 41.4 Å². The normalized spacial score (nSPS) is 37.3. The van der Waals surface area contributed by atoms with E-state index in [4.69, 9.17) is 18.9 Å². The monoisotopic (exact) mass is 848 g/mol. The number of hydrogen-bond acceptors (Lipinski definition) is 14. The number of nitrogens with zero attached hydrogens (tertiary/aromatic N) is 2. The van der Waals surface area contributed by atoms with Crippen LogP contribution in [0.3, 0.4) is 0 Å². The molecule has 0 unspecified atom stereocenters. The summed E-state index contributed by atoms with van der Waals surface area (Å²) in [5, 5.41) is 47.1. The van der Waals surface area contributed by atoms with Crippen molar-refractivity contribution in [1.29, 1.82) is 0 Å². The van der Waals surface area contributed by atoms with Gasteiger partial charge in [-0.2, -0.15) is 0 Å². The second-order valence-corrected chi connectivity index (χ2v) is 19.9. The number of carbonyl (C=O) groups excluding carboxylic acids is 2. The number of rotatable bonds is 8. The molecule has 0 spiro atoms. The number of benzene rings is 2. The maximum atomic E-state index is 13.9. The Morgan fingerprint density at radius 1 is 0.966 bits per heavy atom. The Kier molecular flexibility index (Phi) is 16.0. The van der Waals surface area contributed by atoms with Crippen molar-refractivity contribution in [2.45, 2.75) is 146 Å². The predicted octanol–water partition coefficient (Wildman–Crippen LogP) is 3.91. The van der Waals surface area contributed by atoms with Crippen molar-refractivity contribution in [3.8, 4) is 11.1 Å². The van der Waals surface area contributed by atoms with E-state index in [1.54, 1.807) is 64.1 Å². The van der Waals surface area contributed by atoms with Crippen LogP contribution in [0.2, 0.25) is 0 Å². The van der Waals surface area contributed by atoms with Gasteiger partial charge in [0, 0.05) is 24.8 Å². The van der Waals surface area contributed by atoms with Gasteiger partial charge in [0.15, 0.2) is 22.2 Å². The summed E-state index contributed by atoms with van der Waals surface area (Å²) in [5.41, 5.74) is -1.65. The number of hydrogen-bond donors (Lipinski definition) is 4. The van der Waals surface area contributed by atoms with Crippen LogP contribution < -0.4 is 0 Å². The van der Waals surface area contributed by atoms with Gasteiger partial charge in [-0.15, -0.1) is 0 Å². The van der Waals surface area contributed by atoms with Crippen LogP contribution in [0.25, 0.3) is 11.1 Å². The summed E-state index contributed by atoms with van der Waals surface area (Å²) in [7, 11) is 2.18. The van der Waals surface area contributed by atoms with Crippen molar-refractivity contribution in [3.05, 3.63) is 54.1 Å². The van der Waals surface area contributed by atoms with Gasteiger partial charge in [-0.25, -0.2) is 13.2 Å². The molecule has 14 atom stereocenters. The molecule has 15 heteroatoms. The summed E-state index contributed by atoms with van der Waals surface area (Å²) in [5.74, 6) is -3.65. The number of aliphatic hydroxyl groups is 4. The first-order valence-corrected chi connectivity index (χ1v) is 22.5. The van der Waals surface area contributed by atoms with E-state index < -0.39 is 87.7 Å². The third-order valence-corrected chi connectivity index (χ3v) is 13.5. The van der Waals surface area contributed by atoms with Crippen LogP contribution in [0.4, 0.5) is 0 Å². The number of cyclic esters (lactones) is 1. The molecule has 0 bridgehead atoms. The Morgan fingerprint density at radius 3 is 2.05 bits per heavy atom. The van der Waals surface area contributed by atoms with Gasteiger partial charge < -0.3 is 49.2 Å². The zero-order valence-electron chi connectivity index (χ0n) is 36.7. The fourth-order valence-electron chi connectivity index (χ4n) is 8.73. The summed E-state index contributed by atoms with van der Waals surface area (Å²) in [4.78, 5) is 31.6. The minimum Gasteiger partial charge on any atom is -0.459 e. The second-order valence-electron chi connectivity index (χ2n) is 17.9. The molecule has 2 heterocycles. The number of sulfone groups is 1. The minimum absolute atomic E-state index is 0.169. The van der Waals surface area contributed by atoms with Crippen molar-refractivity contribution < 1.29 is 57.4 Å². The Hall–Kier alpha value is -2.99.